The number of hydrogen-bond acceptors (Lipinski definition) is 4. The van der Waals surface area contributed by atoms with Crippen LogP contribution in [0.25, 0.3) is 21.7 Å². The van der Waals surface area contributed by atoms with Gasteiger partial charge in [0.25, 0.3) is 6.71 Å². The van der Waals surface area contributed by atoms with Crippen molar-refractivity contribution in [1.29, 1.82) is 0 Å². The first-order valence-electron chi connectivity index (χ1n) is 23.2. The smallest absolute Gasteiger partial charge is 0.276 e. The largest absolute Gasteiger partial charge is 0.311 e. The summed E-state index contributed by atoms with van der Waals surface area (Å²) in [5, 5.41) is 2.22. The van der Waals surface area contributed by atoms with E-state index in [9.17, 15) is 0 Å². The van der Waals surface area contributed by atoms with Crippen molar-refractivity contribution in [3.8, 4) is 21.7 Å². The first-order valence-corrected chi connectivity index (χ1v) is 24.1. The van der Waals surface area contributed by atoms with Gasteiger partial charge < -0.3 is 9.80 Å². The lowest BCUT2D eigenvalue weighted by Gasteiger charge is -2.44. The predicted octanol–water partition coefficient (Wildman–Crippen LogP) is 15.0. The van der Waals surface area contributed by atoms with E-state index in [-0.39, 0.29) is 33.8 Å². The van der Waals surface area contributed by atoms with E-state index in [0.29, 0.717) is 0 Å². The van der Waals surface area contributed by atoms with Crippen molar-refractivity contribution in [2.75, 3.05) is 9.80 Å². The second kappa shape index (κ2) is 15.1. The fraction of sp³-hybridized carbons (Fsp3) is 0.339. The van der Waals surface area contributed by atoms with E-state index in [4.69, 9.17) is 4.98 Å². The fourth-order valence-electron chi connectivity index (χ4n) is 9.38. The van der Waals surface area contributed by atoms with Gasteiger partial charge in [-0.1, -0.05) is 200 Å². The molecular weight excluding hydrogens is 794 g/mol. The molecule has 0 spiro atoms. The van der Waals surface area contributed by atoms with E-state index in [1.165, 1.54) is 77.6 Å². The molecule has 6 aromatic carbocycles. The SMILES string of the molecule is CC(C)(C)c1ccc(-c2ccc(-c3nc4c(s3)N(c3ccc(C(C)(C)C)cc3)c3cc(C(C)(C)C)cc5c3B4c3cc(C(C)(C)C)ccc3N5c3ccc(C(C)(C)C)cc3)cc2)cc1. The van der Waals surface area contributed by atoms with E-state index in [2.05, 4.69) is 241 Å². The third-order valence-corrected chi connectivity index (χ3v) is 14.6. The summed E-state index contributed by atoms with van der Waals surface area (Å²) in [6.45, 7) is 34.5. The maximum Gasteiger partial charge on any atom is 0.276 e. The lowest BCUT2D eigenvalue weighted by Crippen LogP contribution is -2.62. The van der Waals surface area contributed by atoms with Crippen molar-refractivity contribution < 1.29 is 0 Å². The summed E-state index contributed by atoms with van der Waals surface area (Å²) in [6, 6.07) is 49.0. The minimum atomic E-state index is -0.102. The van der Waals surface area contributed by atoms with E-state index in [0.717, 1.165) is 21.9 Å². The van der Waals surface area contributed by atoms with Gasteiger partial charge >= 0.3 is 0 Å². The molecule has 0 radical (unpaired) electrons. The first kappa shape index (κ1) is 43.8. The molecular formula is C59H66BN3S. The Labute approximate surface area is 388 Å². The van der Waals surface area contributed by atoms with Crippen LogP contribution in [0.3, 0.4) is 0 Å². The molecule has 2 aliphatic heterocycles. The van der Waals surface area contributed by atoms with E-state index in [1.54, 1.807) is 0 Å². The normalized spacial score (nSPS) is 14.1. The van der Waals surface area contributed by atoms with Crippen molar-refractivity contribution in [1.82, 2.24) is 4.98 Å². The van der Waals surface area contributed by atoms with Crippen LogP contribution in [-0.2, 0) is 27.1 Å². The lowest BCUT2D eigenvalue weighted by atomic mass is 9.35. The highest BCUT2D eigenvalue weighted by molar-refractivity contribution is 7.22. The summed E-state index contributed by atoms with van der Waals surface area (Å²) in [6.07, 6.45) is 0. The van der Waals surface area contributed by atoms with Gasteiger partial charge in [-0.2, -0.15) is 0 Å². The molecule has 0 fully saturated rings. The zero-order valence-electron chi connectivity index (χ0n) is 41.0. The Morgan fingerprint density at radius 2 is 0.781 bits per heavy atom. The molecule has 5 heteroatoms. The summed E-state index contributed by atoms with van der Waals surface area (Å²) in [4.78, 5) is 10.9. The fourth-order valence-corrected chi connectivity index (χ4v) is 10.5. The van der Waals surface area contributed by atoms with Gasteiger partial charge in [-0.3, -0.25) is 0 Å². The summed E-state index contributed by atoms with van der Waals surface area (Å²) in [5.74, 6) is 0. The van der Waals surface area contributed by atoms with Gasteiger partial charge in [-0.05, 0) is 119 Å². The summed E-state index contributed by atoms with van der Waals surface area (Å²) < 4.78 is 0. The molecule has 1 aromatic heterocycles. The van der Waals surface area contributed by atoms with Crippen LogP contribution in [0.15, 0.2) is 127 Å². The third kappa shape index (κ3) is 7.82. The van der Waals surface area contributed by atoms with Crippen LogP contribution in [0, 0.1) is 0 Å². The molecule has 0 atom stereocenters. The second-order valence-corrected chi connectivity index (χ2v) is 24.5. The van der Waals surface area contributed by atoms with Crippen LogP contribution in [0.4, 0.5) is 33.4 Å². The van der Waals surface area contributed by atoms with Crippen LogP contribution in [0.2, 0.25) is 0 Å². The van der Waals surface area contributed by atoms with Crippen LogP contribution in [0.1, 0.15) is 132 Å². The number of thiazole rings is 1. The first-order chi connectivity index (χ1) is 29.9. The molecule has 64 heavy (non-hydrogen) atoms. The van der Waals surface area contributed by atoms with Gasteiger partial charge in [-0.25, -0.2) is 4.98 Å². The van der Waals surface area contributed by atoms with Crippen LogP contribution >= 0.6 is 11.3 Å². The summed E-state index contributed by atoms with van der Waals surface area (Å²) in [7, 11) is 0. The maximum absolute atomic E-state index is 5.78. The highest BCUT2D eigenvalue weighted by atomic mass is 32.1. The standard InChI is InChI=1S/C59H66BN3S/c1-55(2,3)40-22-20-38(21-23-40)37-16-18-39(19-17-37)53-61-52-54(64-53)63(46-31-26-42(27-32-46)57(7,8)9)50-36-44(59(13,14)15)35-49-51(50)60(52)47-34-43(58(10,11)12)28-33-48(47)62(49)45-29-24-41(25-30-45)56(4,5)6/h16-36H,1-15H3. The molecule has 3 heterocycles. The number of fused-ring (bicyclic) bond motifs is 4. The Bertz CT molecular complexity index is 2870. The molecule has 326 valence electrons. The molecule has 7 aromatic rings. The number of rotatable bonds is 4. The summed E-state index contributed by atoms with van der Waals surface area (Å²) in [5.41, 5.74) is 20.0. The average molecular weight is 860 g/mol. The molecule has 0 saturated heterocycles. The highest BCUT2D eigenvalue weighted by Gasteiger charge is 2.47. The molecule has 3 nitrogen and oxygen atoms in total. The van der Waals surface area contributed by atoms with Crippen molar-refractivity contribution in [3.63, 3.8) is 0 Å². The number of aromatic nitrogens is 1. The van der Waals surface area contributed by atoms with E-state index in [1.807, 2.05) is 11.3 Å². The van der Waals surface area contributed by atoms with Crippen LogP contribution in [0.5, 0.6) is 0 Å². The van der Waals surface area contributed by atoms with Crippen molar-refractivity contribution in [3.05, 3.63) is 155 Å². The Morgan fingerprint density at radius 3 is 1.25 bits per heavy atom. The van der Waals surface area contributed by atoms with Gasteiger partial charge in [0.1, 0.15) is 10.0 Å². The zero-order chi connectivity index (χ0) is 45.9. The Kier molecular flexibility index (Phi) is 10.3. The quantitative estimate of drug-likeness (QED) is 0.164. The molecule has 0 unspecified atom stereocenters. The van der Waals surface area contributed by atoms with E-state index >= 15 is 0 Å². The second-order valence-electron chi connectivity index (χ2n) is 23.5. The Morgan fingerprint density at radius 1 is 0.391 bits per heavy atom. The van der Waals surface area contributed by atoms with Crippen molar-refractivity contribution in [2.24, 2.45) is 0 Å². The number of anilines is 6. The highest BCUT2D eigenvalue weighted by Crippen LogP contribution is 2.49. The molecule has 0 N–H and O–H groups in total. The van der Waals surface area contributed by atoms with Gasteiger partial charge in [0.2, 0.25) is 0 Å². The lowest BCUT2D eigenvalue weighted by molar-refractivity contribution is 0.589. The minimum Gasteiger partial charge on any atom is -0.311 e. The average Bonchev–Trinajstić information content (AvgIpc) is 3.67. The van der Waals surface area contributed by atoms with E-state index < -0.39 is 0 Å². The molecule has 0 aliphatic carbocycles. The molecule has 0 amide bonds. The topological polar surface area (TPSA) is 19.4 Å². The van der Waals surface area contributed by atoms with Crippen LogP contribution < -0.4 is 26.3 Å². The Hall–Kier alpha value is -5.39. The maximum atomic E-state index is 5.78. The molecule has 2 aliphatic rings. The minimum absolute atomic E-state index is 0.0339. The van der Waals surface area contributed by atoms with Gasteiger partial charge in [0.05, 0.1) is 5.59 Å². The third-order valence-electron chi connectivity index (χ3n) is 13.5. The van der Waals surface area contributed by atoms with Crippen molar-refractivity contribution in [2.45, 2.75) is 131 Å². The monoisotopic (exact) mass is 860 g/mol. The number of benzene rings is 6. The number of nitrogens with zero attached hydrogens (tertiary/aromatic N) is 3. The molecule has 0 saturated carbocycles. The zero-order valence-corrected chi connectivity index (χ0v) is 41.8. The Balaban J connectivity index is 1.30. The van der Waals surface area contributed by atoms with Crippen molar-refractivity contribution >= 4 is 68.0 Å². The summed E-state index contributed by atoms with van der Waals surface area (Å²) >= 11 is 1.82. The van der Waals surface area contributed by atoms with Gasteiger partial charge in [-0.15, -0.1) is 0 Å². The van der Waals surface area contributed by atoms with Gasteiger partial charge in [0.15, 0.2) is 0 Å². The number of hydrogen-bond donors (Lipinski definition) is 0. The molecule has 9 rings (SSSR count). The van der Waals surface area contributed by atoms with Crippen LogP contribution in [-0.4, -0.2) is 11.7 Å². The van der Waals surface area contributed by atoms with Gasteiger partial charge in [0, 0.05) is 34.0 Å². The molecule has 0 bridgehead atoms. The predicted molar refractivity (Wildman–Crippen MR) is 281 cm³/mol.